The first-order valence-electron chi connectivity index (χ1n) is 7.88. The lowest BCUT2D eigenvalue weighted by molar-refractivity contribution is -0.385. The number of hydroxylamine groups is 1. The van der Waals surface area contributed by atoms with Gasteiger partial charge in [-0.25, -0.2) is 5.48 Å². The molecule has 29 heavy (non-hydrogen) atoms. The standard InChI is InChI=1S/C17H14ClF3N2O6/c1-22-28-9-27-16(24)7-10-6-12(3-4-14(10)23(25)26)29-15-5-2-11(8-13(15)18)17(19,20)21/h2-6,8,22H,7,9H2,1H3. The van der Waals surface area contributed by atoms with E-state index in [1.165, 1.54) is 19.2 Å². The highest BCUT2D eigenvalue weighted by molar-refractivity contribution is 6.32. The SMILES string of the molecule is CNOCOC(=O)Cc1cc(Oc2ccc(C(F)(F)F)cc2Cl)ccc1[N+](=O)[O-]. The molecule has 0 saturated carbocycles. The number of rotatable bonds is 8. The molecule has 12 heteroatoms. The molecule has 2 aromatic carbocycles. The minimum atomic E-state index is -4.57. The largest absolute Gasteiger partial charge is 0.456 e. The fraction of sp³-hybridized carbons (Fsp3) is 0.235. The summed E-state index contributed by atoms with van der Waals surface area (Å²) in [7, 11) is 1.45. The van der Waals surface area contributed by atoms with Crippen molar-refractivity contribution < 1.29 is 37.2 Å². The Morgan fingerprint density at radius 3 is 2.55 bits per heavy atom. The van der Waals surface area contributed by atoms with E-state index in [4.69, 9.17) is 21.1 Å². The van der Waals surface area contributed by atoms with Crippen molar-refractivity contribution >= 4 is 23.3 Å². The monoisotopic (exact) mass is 434 g/mol. The maximum Gasteiger partial charge on any atom is 0.416 e. The van der Waals surface area contributed by atoms with Gasteiger partial charge in [-0.15, -0.1) is 0 Å². The molecule has 0 atom stereocenters. The molecule has 2 rings (SSSR count). The van der Waals surface area contributed by atoms with Crippen molar-refractivity contribution in [3.05, 3.63) is 62.7 Å². The number of hydrogen-bond donors (Lipinski definition) is 1. The summed E-state index contributed by atoms with van der Waals surface area (Å²) in [5.74, 6) is -0.857. The maximum absolute atomic E-state index is 12.7. The van der Waals surface area contributed by atoms with E-state index >= 15 is 0 Å². The first kappa shape index (κ1) is 22.4. The van der Waals surface area contributed by atoms with Crippen LogP contribution < -0.4 is 10.2 Å². The predicted molar refractivity (Wildman–Crippen MR) is 94.4 cm³/mol. The third-order valence-corrected chi connectivity index (χ3v) is 3.79. The van der Waals surface area contributed by atoms with Crippen LogP contribution in [0, 0.1) is 10.1 Å². The average molecular weight is 435 g/mol. The predicted octanol–water partition coefficient (Wildman–Crippen LogP) is 4.25. The van der Waals surface area contributed by atoms with E-state index in [1.807, 2.05) is 0 Å². The van der Waals surface area contributed by atoms with Gasteiger partial charge in [-0.3, -0.25) is 19.7 Å². The van der Waals surface area contributed by atoms with Gasteiger partial charge in [0.05, 0.1) is 21.9 Å². The van der Waals surface area contributed by atoms with Gasteiger partial charge in [-0.05, 0) is 30.3 Å². The molecule has 0 bridgehead atoms. The zero-order valence-corrected chi connectivity index (χ0v) is 15.5. The number of nitrogens with one attached hydrogen (secondary N) is 1. The first-order valence-corrected chi connectivity index (χ1v) is 8.25. The van der Waals surface area contributed by atoms with Gasteiger partial charge >= 0.3 is 12.1 Å². The Kier molecular flexibility index (Phi) is 7.37. The van der Waals surface area contributed by atoms with E-state index in [-0.39, 0.29) is 27.8 Å². The molecule has 156 valence electrons. The van der Waals surface area contributed by atoms with Crippen LogP contribution in [0.4, 0.5) is 18.9 Å². The van der Waals surface area contributed by atoms with E-state index in [0.717, 1.165) is 18.2 Å². The lowest BCUT2D eigenvalue weighted by Crippen LogP contribution is -2.16. The second-order valence-corrected chi connectivity index (χ2v) is 5.86. The molecule has 1 N–H and O–H groups in total. The number of carbonyl (C=O) groups is 1. The molecule has 0 aliphatic rings. The molecular weight excluding hydrogens is 421 g/mol. The van der Waals surface area contributed by atoms with Gasteiger partial charge in [-0.1, -0.05) is 11.6 Å². The Morgan fingerprint density at radius 2 is 1.97 bits per heavy atom. The number of alkyl halides is 3. The molecular formula is C17H14ClF3N2O6. The quantitative estimate of drug-likeness (QED) is 0.218. The van der Waals surface area contributed by atoms with Crippen LogP contribution in [0.15, 0.2) is 36.4 Å². The lowest BCUT2D eigenvalue weighted by atomic mass is 10.1. The van der Waals surface area contributed by atoms with Gasteiger partial charge in [-0.2, -0.15) is 13.2 Å². The second-order valence-electron chi connectivity index (χ2n) is 5.45. The molecule has 2 aromatic rings. The summed E-state index contributed by atoms with van der Waals surface area (Å²) < 4.78 is 48.3. The Hall–Kier alpha value is -2.89. The summed E-state index contributed by atoms with van der Waals surface area (Å²) in [5.41, 5.74) is 0.948. The molecule has 0 spiro atoms. The Morgan fingerprint density at radius 1 is 1.24 bits per heavy atom. The second kappa shape index (κ2) is 9.54. The van der Waals surface area contributed by atoms with Gasteiger partial charge in [0.25, 0.3) is 5.69 Å². The van der Waals surface area contributed by atoms with Crippen LogP contribution in [-0.4, -0.2) is 24.7 Å². The highest BCUT2D eigenvalue weighted by atomic mass is 35.5. The molecule has 0 unspecified atom stereocenters. The topological polar surface area (TPSA) is 99.9 Å². The summed E-state index contributed by atoms with van der Waals surface area (Å²) >= 11 is 5.83. The van der Waals surface area contributed by atoms with Crippen LogP contribution in [0.5, 0.6) is 11.5 Å². The fourth-order valence-electron chi connectivity index (χ4n) is 2.19. The molecule has 8 nitrogen and oxygen atoms in total. The number of hydrogen-bond acceptors (Lipinski definition) is 7. The van der Waals surface area contributed by atoms with Crippen LogP contribution in [0.1, 0.15) is 11.1 Å². The van der Waals surface area contributed by atoms with Crippen LogP contribution in [0.3, 0.4) is 0 Å². The summed E-state index contributed by atoms with van der Waals surface area (Å²) in [5, 5.41) is 10.9. The van der Waals surface area contributed by atoms with E-state index in [0.29, 0.717) is 6.07 Å². The van der Waals surface area contributed by atoms with E-state index < -0.39 is 35.8 Å². The smallest absolute Gasteiger partial charge is 0.416 e. The van der Waals surface area contributed by atoms with Gasteiger partial charge in [0, 0.05) is 18.7 Å². The molecule has 0 aliphatic heterocycles. The van der Waals surface area contributed by atoms with Crippen LogP contribution in [-0.2, 0) is 27.0 Å². The van der Waals surface area contributed by atoms with Crippen LogP contribution in [0.25, 0.3) is 0 Å². The zero-order chi connectivity index (χ0) is 21.6. The molecule has 0 radical (unpaired) electrons. The van der Waals surface area contributed by atoms with Gasteiger partial charge in [0.15, 0.2) is 0 Å². The average Bonchev–Trinajstić information content (AvgIpc) is 2.62. The summed E-state index contributed by atoms with van der Waals surface area (Å²) in [6.45, 7) is -0.402. The molecule has 0 fully saturated rings. The minimum Gasteiger partial charge on any atom is -0.456 e. The molecule has 0 amide bonds. The third kappa shape index (κ3) is 6.31. The highest BCUT2D eigenvalue weighted by Crippen LogP contribution is 2.37. The van der Waals surface area contributed by atoms with Gasteiger partial charge in [0.2, 0.25) is 6.79 Å². The maximum atomic E-state index is 12.7. The Balaban J connectivity index is 2.24. The number of carbonyl (C=O) groups excluding carboxylic acids is 1. The van der Waals surface area contributed by atoms with Crippen LogP contribution >= 0.6 is 11.6 Å². The van der Waals surface area contributed by atoms with Crippen molar-refractivity contribution in [1.29, 1.82) is 0 Å². The van der Waals surface area contributed by atoms with Crippen molar-refractivity contribution in [1.82, 2.24) is 5.48 Å². The van der Waals surface area contributed by atoms with Crippen molar-refractivity contribution in [2.24, 2.45) is 0 Å². The van der Waals surface area contributed by atoms with Crippen molar-refractivity contribution in [2.75, 3.05) is 13.8 Å². The summed E-state index contributed by atoms with van der Waals surface area (Å²) in [4.78, 5) is 26.9. The lowest BCUT2D eigenvalue weighted by Gasteiger charge is -2.12. The number of nitrogens with zero attached hydrogens (tertiary/aromatic N) is 1. The fourth-order valence-corrected chi connectivity index (χ4v) is 2.41. The van der Waals surface area contributed by atoms with E-state index in [1.54, 1.807) is 0 Å². The number of halogens is 4. The number of ether oxygens (including phenoxy) is 2. The Labute approximate surface area is 167 Å². The number of nitro groups is 1. The minimum absolute atomic E-state index is 0.0232. The number of benzene rings is 2. The van der Waals surface area contributed by atoms with Crippen molar-refractivity contribution in [2.45, 2.75) is 12.6 Å². The van der Waals surface area contributed by atoms with Crippen molar-refractivity contribution in [3.8, 4) is 11.5 Å². The molecule has 0 aliphatic carbocycles. The third-order valence-electron chi connectivity index (χ3n) is 3.49. The normalized spacial score (nSPS) is 11.2. The number of esters is 1. The molecule has 0 saturated heterocycles. The summed E-state index contributed by atoms with van der Waals surface area (Å²) in [6, 6.07) is 6.03. The van der Waals surface area contributed by atoms with E-state index in [2.05, 4.69) is 10.3 Å². The zero-order valence-electron chi connectivity index (χ0n) is 14.8. The number of nitro benzene ring substituents is 1. The Bertz CT molecular complexity index is 907. The van der Waals surface area contributed by atoms with Gasteiger partial charge in [0.1, 0.15) is 11.5 Å². The van der Waals surface area contributed by atoms with E-state index in [9.17, 15) is 28.1 Å². The summed E-state index contributed by atoms with van der Waals surface area (Å²) in [6.07, 6.45) is -5.03. The molecule has 0 aromatic heterocycles. The van der Waals surface area contributed by atoms with Gasteiger partial charge < -0.3 is 9.47 Å². The highest BCUT2D eigenvalue weighted by Gasteiger charge is 2.31. The first-order chi connectivity index (χ1) is 13.6. The molecule has 0 heterocycles. The van der Waals surface area contributed by atoms with Crippen molar-refractivity contribution in [3.63, 3.8) is 0 Å². The van der Waals surface area contributed by atoms with Crippen LogP contribution in [0.2, 0.25) is 5.02 Å².